The average molecular weight is 407 g/mol. The molecule has 0 unspecified atom stereocenters. The standard InChI is InChI=1S/C24H16F3NO2/c25-21-13-23(27)22(26)12-15(21)6-5-11-28-24(29)30-14-20-18-9-3-1-7-16(18)17-8-2-4-10-19(17)20/h1-4,7-10,12-13,20H,11,14H2,(H,28,29). The quantitative estimate of drug-likeness (QED) is 0.491. The predicted octanol–water partition coefficient (Wildman–Crippen LogP) is 4.99. The number of alkyl carbamates (subject to hydrolysis) is 1. The molecule has 1 aliphatic carbocycles. The van der Waals surface area contributed by atoms with Gasteiger partial charge in [-0.1, -0.05) is 60.4 Å². The van der Waals surface area contributed by atoms with Crippen molar-refractivity contribution in [3.8, 4) is 23.0 Å². The largest absolute Gasteiger partial charge is 0.449 e. The van der Waals surface area contributed by atoms with Gasteiger partial charge >= 0.3 is 6.09 Å². The Morgan fingerprint density at radius 2 is 1.50 bits per heavy atom. The summed E-state index contributed by atoms with van der Waals surface area (Å²) in [4.78, 5) is 12.0. The van der Waals surface area contributed by atoms with Gasteiger partial charge in [0.25, 0.3) is 0 Å². The van der Waals surface area contributed by atoms with E-state index in [2.05, 4.69) is 17.2 Å². The summed E-state index contributed by atoms with van der Waals surface area (Å²) in [6.07, 6.45) is -0.670. The number of amides is 1. The van der Waals surface area contributed by atoms with Crippen molar-refractivity contribution >= 4 is 6.09 Å². The summed E-state index contributed by atoms with van der Waals surface area (Å²) in [7, 11) is 0. The molecule has 6 heteroatoms. The Morgan fingerprint density at radius 1 is 0.900 bits per heavy atom. The fourth-order valence-corrected chi connectivity index (χ4v) is 3.52. The van der Waals surface area contributed by atoms with E-state index in [1.807, 2.05) is 48.5 Å². The zero-order valence-corrected chi connectivity index (χ0v) is 15.7. The Morgan fingerprint density at radius 3 is 2.17 bits per heavy atom. The number of nitrogens with one attached hydrogen (secondary N) is 1. The van der Waals surface area contributed by atoms with Gasteiger partial charge in [-0.05, 0) is 28.3 Å². The molecule has 3 nitrogen and oxygen atoms in total. The van der Waals surface area contributed by atoms with E-state index < -0.39 is 23.5 Å². The highest BCUT2D eigenvalue weighted by molar-refractivity contribution is 5.79. The Bertz CT molecular complexity index is 1140. The van der Waals surface area contributed by atoms with E-state index in [0.717, 1.165) is 22.3 Å². The summed E-state index contributed by atoms with van der Waals surface area (Å²) < 4.78 is 45.0. The van der Waals surface area contributed by atoms with Crippen molar-refractivity contribution in [3.05, 3.63) is 94.8 Å². The van der Waals surface area contributed by atoms with Crippen LogP contribution in [0.1, 0.15) is 22.6 Å². The molecule has 0 heterocycles. The van der Waals surface area contributed by atoms with Crippen LogP contribution in [0.5, 0.6) is 0 Å². The molecular weight excluding hydrogens is 391 g/mol. The van der Waals surface area contributed by atoms with Gasteiger partial charge in [-0.15, -0.1) is 0 Å². The first-order valence-corrected chi connectivity index (χ1v) is 9.27. The molecule has 0 bridgehead atoms. The lowest BCUT2D eigenvalue weighted by Gasteiger charge is -2.14. The van der Waals surface area contributed by atoms with Crippen LogP contribution in [0.2, 0.25) is 0 Å². The fourth-order valence-electron chi connectivity index (χ4n) is 3.52. The van der Waals surface area contributed by atoms with Crippen molar-refractivity contribution in [2.24, 2.45) is 0 Å². The minimum atomic E-state index is -1.28. The second-order valence-corrected chi connectivity index (χ2v) is 6.73. The Balaban J connectivity index is 1.36. The minimum absolute atomic E-state index is 0.0643. The number of rotatable bonds is 3. The van der Waals surface area contributed by atoms with Gasteiger partial charge in [-0.25, -0.2) is 18.0 Å². The molecule has 150 valence electrons. The predicted molar refractivity (Wildman–Crippen MR) is 106 cm³/mol. The lowest BCUT2D eigenvalue weighted by atomic mass is 9.98. The van der Waals surface area contributed by atoms with E-state index in [1.54, 1.807) is 0 Å². The summed E-state index contributed by atoms with van der Waals surface area (Å²) in [5, 5.41) is 2.45. The number of hydrogen-bond donors (Lipinski definition) is 1. The molecule has 3 aromatic rings. The maximum atomic E-state index is 13.5. The van der Waals surface area contributed by atoms with Gasteiger partial charge in [-0.2, -0.15) is 0 Å². The van der Waals surface area contributed by atoms with Gasteiger partial charge in [0.15, 0.2) is 11.6 Å². The molecule has 0 radical (unpaired) electrons. The number of hydrogen-bond acceptors (Lipinski definition) is 2. The molecule has 0 spiro atoms. The van der Waals surface area contributed by atoms with Crippen molar-refractivity contribution < 1.29 is 22.7 Å². The van der Waals surface area contributed by atoms with Gasteiger partial charge < -0.3 is 10.1 Å². The van der Waals surface area contributed by atoms with E-state index in [1.165, 1.54) is 0 Å². The first-order chi connectivity index (χ1) is 14.5. The molecule has 1 aliphatic rings. The molecule has 0 atom stereocenters. The molecule has 0 saturated heterocycles. The highest BCUT2D eigenvalue weighted by atomic mass is 19.2. The molecular formula is C24H16F3NO2. The van der Waals surface area contributed by atoms with Crippen LogP contribution in [0.4, 0.5) is 18.0 Å². The smallest absolute Gasteiger partial charge is 0.407 e. The average Bonchev–Trinajstić information content (AvgIpc) is 3.07. The fraction of sp³-hybridized carbons (Fsp3) is 0.125. The summed E-state index contributed by atoms with van der Waals surface area (Å²) in [5.74, 6) is 1.34. The van der Waals surface area contributed by atoms with Gasteiger partial charge in [0.2, 0.25) is 0 Å². The highest BCUT2D eigenvalue weighted by Gasteiger charge is 2.28. The third-order valence-corrected chi connectivity index (χ3v) is 4.90. The lowest BCUT2D eigenvalue weighted by Crippen LogP contribution is -2.26. The maximum Gasteiger partial charge on any atom is 0.407 e. The Labute approximate surface area is 171 Å². The van der Waals surface area contributed by atoms with Crippen molar-refractivity contribution in [3.63, 3.8) is 0 Å². The third kappa shape index (κ3) is 3.87. The number of benzene rings is 3. The van der Waals surface area contributed by atoms with Gasteiger partial charge in [-0.3, -0.25) is 0 Å². The van der Waals surface area contributed by atoms with Crippen LogP contribution in [0.25, 0.3) is 11.1 Å². The summed E-state index contributed by atoms with van der Waals surface area (Å²) in [6.45, 7) is 0.0280. The van der Waals surface area contributed by atoms with Crippen molar-refractivity contribution in [1.82, 2.24) is 5.32 Å². The summed E-state index contributed by atoms with van der Waals surface area (Å²) in [6, 6.07) is 17.1. The van der Waals surface area contributed by atoms with Crippen molar-refractivity contribution in [2.45, 2.75) is 5.92 Å². The summed E-state index contributed by atoms with van der Waals surface area (Å²) in [5.41, 5.74) is 4.16. The van der Waals surface area contributed by atoms with Gasteiger partial charge in [0, 0.05) is 12.0 Å². The molecule has 0 aliphatic heterocycles. The molecule has 0 aromatic heterocycles. The van der Waals surface area contributed by atoms with Crippen LogP contribution in [0.3, 0.4) is 0 Å². The van der Waals surface area contributed by atoms with Crippen LogP contribution in [-0.2, 0) is 4.74 Å². The van der Waals surface area contributed by atoms with E-state index in [-0.39, 0.29) is 24.6 Å². The van der Waals surface area contributed by atoms with Crippen LogP contribution in [-0.4, -0.2) is 19.2 Å². The lowest BCUT2D eigenvalue weighted by molar-refractivity contribution is 0.144. The molecule has 0 saturated carbocycles. The zero-order valence-electron chi connectivity index (χ0n) is 15.7. The molecule has 3 aromatic carbocycles. The molecule has 0 fully saturated rings. The summed E-state index contributed by atoms with van der Waals surface area (Å²) >= 11 is 0. The molecule has 30 heavy (non-hydrogen) atoms. The van der Waals surface area contributed by atoms with E-state index in [4.69, 9.17) is 4.74 Å². The number of carbonyl (C=O) groups is 1. The number of halogens is 3. The van der Waals surface area contributed by atoms with E-state index >= 15 is 0 Å². The Kier molecular flexibility index (Phi) is 5.44. The number of carbonyl (C=O) groups excluding carboxylic acids is 1. The van der Waals surface area contributed by atoms with E-state index in [0.29, 0.717) is 12.1 Å². The molecule has 1 N–H and O–H groups in total. The SMILES string of the molecule is O=C(NCC#Cc1cc(F)c(F)cc1F)OCC1c2ccccc2-c2ccccc21. The van der Waals surface area contributed by atoms with Crippen molar-refractivity contribution in [2.75, 3.05) is 13.2 Å². The molecule has 4 rings (SSSR count). The van der Waals surface area contributed by atoms with E-state index in [9.17, 15) is 18.0 Å². The first kappa shape index (κ1) is 19.6. The van der Waals surface area contributed by atoms with Crippen LogP contribution >= 0.6 is 0 Å². The van der Waals surface area contributed by atoms with Crippen LogP contribution < -0.4 is 5.32 Å². The third-order valence-electron chi connectivity index (χ3n) is 4.90. The topological polar surface area (TPSA) is 38.3 Å². The second kappa shape index (κ2) is 8.34. The van der Waals surface area contributed by atoms with Crippen LogP contribution in [0.15, 0.2) is 60.7 Å². The first-order valence-electron chi connectivity index (χ1n) is 9.27. The molecule has 1 amide bonds. The Hall–Kier alpha value is -3.72. The minimum Gasteiger partial charge on any atom is -0.449 e. The monoisotopic (exact) mass is 407 g/mol. The number of ether oxygens (including phenoxy) is 1. The second-order valence-electron chi connectivity index (χ2n) is 6.73. The van der Waals surface area contributed by atoms with Crippen LogP contribution in [0, 0.1) is 29.3 Å². The van der Waals surface area contributed by atoms with Gasteiger partial charge in [0.05, 0.1) is 12.1 Å². The zero-order chi connectivity index (χ0) is 21.1. The number of fused-ring (bicyclic) bond motifs is 3. The van der Waals surface area contributed by atoms with Crippen molar-refractivity contribution in [1.29, 1.82) is 0 Å². The van der Waals surface area contributed by atoms with Gasteiger partial charge in [0.1, 0.15) is 12.4 Å². The normalized spacial score (nSPS) is 11.8. The highest BCUT2D eigenvalue weighted by Crippen LogP contribution is 2.44. The maximum absolute atomic E-state index is 13.5.